The summed E-state index contributed by atoms with van der Waals surface area (Å²) in [6, 6.07) is 11.4. The Morgan fingerprint density at radius 2 is 1.81 bits per heavy atom. The van der Waals surface area contributed by atoms with Gasteiger partial charge in [0.15, 0.2) is 0 Å². The molecule has 3 aromatic rings. The van der Waals surface area contributed by atoms with Gasteiger partial charge in [0.2, 0.25) is 5.95 Å². The summed E-state index contributed by atoms with van der Waals surface area (Å²) in [6.07, 6.45) is 2.06. The quantitative estimate of drug-likeness (QED) is 0.666. The molecule has 0 spiro atoms. The van der Waals surface area contributed by atoms with Crippen molar-refractivity contribution in [3.8, 4) is 11.3 Å². The number of benzene rings is 1. The zero-order valence-corrected chi connectivity index (χ0v) is 16.9. The van der Waals surface area contributed by atoms with Gasteiger partial charge < -0.3 is 15.6 Å². The molecule has 2 aromatic heterocycles. The zero-order valence-electron chi connectivity index (χ0n) is 16.9. The van der Waals surface area contributed by atoms with Gasteiger partial charge in [-0.2, -0.15) is 4.98 Å². The second-order valence-electron chi connectivity index (χ2n) is 7.55. The van der Waals surface area contributed by atoms with Gasteiger partial charge >= 0.3 is 0 Å². The topological polar surface area (TPSA) is 72.0 Å². The van der Waals surface area contributed by atoms with Gasteiger partial charge in [-0.15, -0.1) is 0 Å². The van der Waals surface area contributed by atoms with E-state index in [4.69, 9.17) is 5.73 Å². The van der Waals surface area contributed by atoms with Gasteiger partial charge in [0, 0.05) is 61.0 Å². The molecule has 144 valence electrons. The lowest BCUT2D eigenvalue weighted by Crippen LogP contribution is -2.40. The third-order valence-electron chi connectivity index (χ3n) is 4.93. The minimum Gasteiger partial charge on any atom is -0.369 e. The lowest BCUT2D eigenvalue weighted by atomic mass is 10.1. The molecule has 0 aliphatic carbocycles. The Labute approximate surface area is 161 Å². The van der Waals surface area contributed by atoms with E-state index >= 15 is 0 Å². The summed E-state index contributed by atoms with van der Waals surface area (Å²) in [5.74, 6) is 1.05. The number of nitrogen functional groups attached to an aromatic ring is 1. The van der Waals surface area contributed by atoms with Gasteiger partial charge in [0.1, 0.15) is 5.82 Å². The Balaban J connectivity index is 1.77. The van der Waals surface area contributed by atoms with Crippen molar-refractivity contribution in [3.05, 3.63) is 36.5 Å². The maximum absolute atomic E-state index is 5.96. The first-order valence-electron chi connectivity index (χ1n) is 9.55. The highest BCUT2D eigenvalue weighted by Gasteiger charge is 2.13. The summed E-state index contributed by atoms with van der Waals surface area (Å²) in [6.45, 7) is 10.6. The fraction of sp³-hybridized carbons (Fsp3) is 0.429. The molecular formula is C21H30N6. The van der Waals surface area contributed by atoms with Gasteiger partial charge in [-0.1, -0.05) is 6.07 Å². The first-order valence-corrected chi connectivity index (χ1v) is 9.55. The molecule has 6 nitrogen and oxygen atoms in total. The molecule has 0 radical (unpaired) electrons. The average molecular weight is 367 g/mol. The van der Waals surface area contributed by atoms with Crippen LogP contribution in [0.15, 0.2) is 36.5 Å². The zero-order chi connectivity index (χ0) is 19.6. The second kappa shape index (κ2) is 7.96. The minimum atomic E-state index is 0.285. The number of nitrogens with zero attached hydrogens (tertiary/aromatic N) is 4. The molecule has 0 amide bonds. The highest BCUT2D eigenvalue weighted by atomic mass is 15.2. The highest BCUT2D eigenvalue weighted by molar-refractivity contribution is 5.85. The molecule has 0 unspecified atom stereocenters. The summed E-state index contributed by atoms with van der Waals surface area (Å²) in [7, 11) is 2.05. The van der Waals surface area contributed by atoms with E-state index in [9.17, 15) is 0 Å². The fourth-order valence-electron chi connectivity index (χ4n) is 3.57. The molecule has 0 bridgehead atoms. The molecule has 1 aromatic carbocycles. The van der Waals surface area contributed by atoms with Crippen LogP contribution in [-0.2, 0) is 7.05 Å². The first kappa shape index (κ1) is 19.2. The molecule has 27 heavy (non-hydrogen) atoms. The van der Waals surface area contributed by atoms with Gasteiger partial charge in [0.05, 0.1) is 5.69 Å². The molecule has 0 aliphatic heterocycles. The smallest absolute Gasteiger partial charge is 0.222 e. The minimum absolute atomic E-state index is 0.285. The summed E-state index contributed by atoms with van der Waals surface area (Å²) < 4.78 is 2.11. The Morgan fingerprint density at radius 1 is 1.07 bits per heavy atom. The van der Waals surface area contributed by atoms with Crippen molar-refractivity contribution in [2.75, 3.05) is 24.1 Å². The first-order chi connectivity index (χ1) is 12.8. The lowest BCUT2D eigenvalue weighted by molar-refractivity contribution is 0.182. The van der Waals surface area contributed by atoms with Crippen molar-refractivity contribution < 1.29 is 0 Å². The fourth-order valence-corrected chi connectivity index (χ4v) is 3.57. The van der Waals surface area contributed by atoms with Crippen LogP contribution in [0.3, 0.4) is 0 Å². The number of nitrogens with one attached hydrogen (secondary N) is 1. The predicted octanol–water partition coefficient (Wildman–Crippen LogP) is 3.75. The highest BCUT2D eigenvalue weighted by Crippen LogP contribution is 2.25. The second-order valence-corrected chi connectivity index (χ2v) is 7.55. The molecule has 0 aliphatic rings. The van der Waals surface area contributed by atoms with Crippen LogP contribution in [0.5, 0.6) is 0 Å². The van der Waals surface area contributed by atoms with E-state index in [2.05, 4.69) is 82.9 Å². The summed E-state index contributed by atoms with van der Waals surface area (Å²) in [4.78, 5) is 11.2. The molecule has 6 heteroatoms. The molecule has 0 saturated carbocycles. The van der Waals surface area contributed by atoms with E-state index in [0.717, 1.165) is 30.2 Å². The standard InChI is InChI=1S/C21H30N6/c1-14(2)27(15(3)4)11-9-23-20-13-18(24-21(22)25-20)16-6-7-19-17(12-16)8-10-26(19)5/h6-8,10,12-15H,9,11H2,1-5H3,(H3,22,23,24,25). The van der Waals surface area contributed by atoms with Crippen LogP contribution in [0, 0.1) is 0 Å². The Bertz CT molecular complexity index is 904. The van der Waals surface area contributed by atoms with Gasteiger partial charge in [-0.3, -0.25) is 4.90 Å². The summed E-state index contributed by atoms with van der Waals surface area (Å²) >= 11 is 0. The van der Waals surface area contributed by atoms with Crippen LogP contribution in [0.4, 0.5) is 11.8 Å². The van der Waals surface area contributed by atoms with E-state index < -0.39 is 0 Å². The van der Waals surface area contributed by atoms with Crippen molar-refractivity contribution in [2.24, 2.45) is 7.05 Å². The summed E-state index contributed by atoms with van der Waals surface area (Å²) in [5.41, 5.74) is 9.03. The number of hydrogen-bond acceptors (Lipinski definition) is 5. The molecule has 3 rings (SSSR count). The van der Waals surface area contributed by atoms with Gasteiger partial charge in [-0.05, 0) is 45.9 Å². The number of hydrogen-bond donors (Lipinski definition) is 2. The Kier molecular flexibility index (Phi) is 5.65. The normalized spacial score (nSPS) is 11.9. The third-order valence-corrected chi connectivity index (χ3v) is 4.93. The molecule has 0 atom stereocenters. The Morgan fingerprint density at radius 3 is 2.52 bits per heavy atom. The molecule has 2 heterocycles. The van der Waals surface area contributed by atoms with Crippen LogP contribution < -0.4 is 11.1 Å². The molecular weight excluding hydrogens is 336 g/mol. The monoisotopic (exact) mass is 366 g/mol. The largest absolute Gasteiger partial charge is 0.369 e. The maximum atomic E-state index is 5.96. The van der Waals surface area contributed by atoms with Crippen molar-refractivity contribution in [3.63, 3.8) is 0 Å². The molecule has 0 fully saturated rings. The van der Waals surface area contributed by atoms with Crippen molar-refractivity contribution >= 4 is 22.7 Å². The van der Waals surface area contributed by atoms with Crippen molar-refractivity contribution in [1.29, 1.82) is 0 Å². The van der Waals surface area contributed by atoms with Gasteiger partial charge in [0.25, 0.3) is 0 Å². The van der Waals surface area contributed by atoms with E-state index in [1.165, 1.54) is 10.9 Å². The predicted molar refractivity (Wildman–Crippen MR) is 114 cm³/mol. The third kappa shape index (κ3) is 4.39. The van der Waals surface area contributed by atoms with Crippen LogP contribution in [-0.4, -0.2) is 44.6 Å². The SMILES string of the molecule is CC(C)N(CCNc1cc(-c2ccc3c(ccn3C)c2)nc(N)n1)C(C)C. The number of anilines is 2. The number of nitrogens with two attached hydrogens (primary N) is 1. The van der Waals surface area contributed by atoms with E-state index in [-0.39, 0.29) is 5.95 Å². The van der Waals surface area contributed by atoms with Crippen molar-refractivity contribution in [2.45, 2.75) is 39.8 Å². The number of aryl methyl sites for hydroxylation is 1. The Hall–Kier alpha value is -2.60. The average Bonchev–Trinajstić information content (AvgIpc) is 2.98. The van der Waals surface area contributed by atoms with Crippen LogP contribution >= 0.6 is 0 Å². The lowest BCUT2D eigenvalue weighted by Gasteiger charge is -2.30. The van der Waals surface area contributed by atoms with E-state index in [1.54, 1.807) is 0 Å². The van der Waals surface area contributed by atoms with Crippen LogP contribution in [0.2, 0.25) is 0 Å². The number of rotatable bonds is 7. The van der Waals surface area contributed by atoms with Crippen molar-refractivity contribution in [1.82, 2.24) is 19.4 Å². The van der Waals surface area contributed by atoms with Crippen LogP contribution in [0.25, 0.3) is 22.2 Å². The molecule has 3 N–H and O–H groups in total. The van der Waals surface area contributed by atoms with E-state index in [1.807, 2.05) is 13.1 Å². The number of aromatic nitrogens is 3. The number of fused-ring (bicyclic) bond motifs is 1. The van der Waals surface area contributed by atoms with Gasteiger partial charge in [-0.25, -0.2) is 4.98 Å². The van der Waals surface area contributed by atoms with E-state index in [0.29, 0.717) is 12.1 Å². The van der Waals surface area contributed by atoms with Crippen LogP contribution in [0.1, 0.15) is 27.7 Å². The molecule has 0 saturated heterocycles. The maximum Gasteiger partial charge on any atom is 0.222 e. The summed E-state index contributed by atoms with van der Waals surface area (Å²) in [5, 5.41) is 4.59.